The number of likely N-dealkylation sites (tertiary alicyclic amines) is 1. The smallest absolute Gasteiger partial charge is 0.269 e. The van der Waals surface area contributed by atoms with Gasteiger partial charge in [-0.15, -0.1) is 10.2 Å². The minimum Gasteiger partial charge on any atom is -0.419 e. The highest BCUT2D eigenvalue weighted by Crippen LogP contribution is 2.18. The molecule has 2 aromatic rings. The fourth-order valence-corrected chi connectivity index (χ4v) is 3.36. The largest absolute Gasteiger partial charge is 0.419 e. The van der Waals surface area contributed by atoms with Crippen molar-refractivity contribution in [1.29, 1.82) is 0 Å². The van der Waals surface area contributed by atoms with Crippen molar-refractivity contribution in [3.63, 3.8) is 0 Å². The van der Waals surface area contributed by atoms with E-state index in [0.717, 1.165) is 13.1 Å². The molecule has 1 aliphatic rings. The minimum atomic E-state index is 0.0929. The molecular weight excluding hydrogens is 334 g/mol. The highest BCUT2D eigenvalue weighted by Gasteiger charge is 2.19. The average molecular weight is 361 g/mol. The summed E-state index contributed by atoms with van der Waals surface area (Å²) in [5.41, 5.74) is 0.514. The van der Waals surface area contributed by atoms with Gasteiger partial charge in [0.05, 0.1) is 0 Å². The van der Waals surface area contributed by atoms with Gasteiger partial charge in [-0.2, -0.15) is 0 Å². The highest BCUT2D eigenvalue weighted by molar-refractivity contribution is 5.76. The molecule has 1 saturated heterocycles. The molecule has 0 spiro atoms. The van der Waals surface area contributed by atoms with Gasteiger partial charge in [-0.1, -0.05) is 12.1 Å². The second-order valence-electron chi connectivity index (χ2n) is 7.21. The molecule has 0 unspecified atom stereocenters. The lowest BCUT2D eigenvalue weighted by Gasteiger charge is -2.25. The van der Waals surface area contributed by atoms with Crippen molar-refractivity contribution >= 4 is 5.91 Å². The van der Waals surface area contributed by atoms with Crippen molar-refractivity contribution in [3.8, 4) is 11.6 Å². The molecule has 0 radical (unpaired) electrons. The maximum atomic E-state index is 12.4. The highest BCUT2D eigenvalue weighted by atomic mass is 16.5. The minimum absolute atomic E-state index is 0.0929. The molecule has 0 bridgehead atoms. The van der Waals surface area contributed by atoms with Gasteiger partial charge < -0.3 is 18.7 Å². The molecule has 0 aliphatic carbocycles. The molecule has 1 amide bonds. The SMILES string of the molecule is Cc1cc(-c2nnc(CCC(=O)N(C)C[C@H](C)CN3CCCC3)o2)no1. The van der Waals surface area contributed by atoms with E-state index in [1.54, 1.807) is 17.9 Å². The van der Waals surface area contributed by atoms with Crippen LogP contribution in [0.1, 0.15) is 37.8 Å². The molecule has 3 heterocycles. The third kappa shape index (κ3) is 4.91. The van der Waals surface area contributed by atoms with Gasteiger partial charge in [-0.25, -0.2) is 0 Å². The quantitative estimate of drug-likeness (QED) is 0.712. The summed E-state index contributed by atoms with van der Waals surface area (Å²) in [7, 11) is 1.86. The summed E-state index contributed by atoms with van der Waals surface area (Å²) in [6.07, 6.45) is 3.36. The molecule has 8 nitrogen and oxygen atoms in total. The normalized spacial score (nSPS) is 16.1. The Balaban J connectivity index is 1.43. The first kappa shape index (κ1) is 18.6. The Morgan fingerprint density at radius 3 is 2.81 bits per heavy atom. The van der Waals surface area contributed by atoms with Crippen LogP contribution in [0.25, 0.3) is 11.6 Å². The van der Waals surface area contributed by atoms with Crippen molar-refractivity contribution in [1.82, 2.24) is 25.2 Å². The summed E-state index contributed by atoms with van der Waals surface area (Å²) in [6, 6.07) is 1.73. The Morgan fingerprint density at radius 2 is 2.12 bits per heavy atom. The Hall–Kier alpha value is -2.22. The zero-order valence-electron chi connectivity index (χ0n) is 15.8. The Labute approximate surface area is 153 Å². The first-order chi connectivity index (χ1) is 12.5. The molecule has 0 aromatic carbocycles. The second-order valence-corrected chi connectivity index (χ2v) is 7.21. The van der Waals surface area contributed by atoms with Crippen LogP contribution in [0.4, 0.5) is 0 Å². The van der Waals surface area contributed by atoms with Gasteiger partial charge in [0, 0.05) is 39.0 Å². The molecule has 0 saturated carbocycles. The molecule has 0 N–H and O–H groups in total. The van der Waals surface area contributed by atoms with Crippen molar-refractivity contribution < 1.29 is 13.7 Å². The maximum Gasteiger partial charge on any atom is 0.269 e. The van der Waals surface area contributed by atoms with E-state index in [4.69, 9.17) is 8.94 Å². The Kier molecular flexibility index (Phi) is 6.03. The number of rotatable bonds is 8. The lowest BCUT2D eigenvalue weighted by Crippen LogP contribution is -2.36. The summed E-state index contributed by atoms with van der Waals surface area (Å²) in [5.74, 6) is 1.99. The van der Waals surface area contributed by atoms with Crippen molar-refractivity contribution in [3.05, 3.63) is 17.7 Å². The monoisotopic (exact) mass is 361 g/mol. The summed E-state index contributed by atoms with van der Waals surface area (Å²) in [4.78, 5) is 16.6. The number of hydrogen-bond acceptors (Lipinski definition) is 7. The third-order valence-electron chi connectivity index (χ3n) is 4.65. The molecule has 1 aliphatic heterocycles. The number of amides is 1. The Bertz CT molecular complexity index is 720. The van der Waals surface area contributed by atoms with Crippen LogP contribution in [0.15, 0.2) is 15.0 Å². The molecule has 2 aromatic heterocycles. The van der Waals surface area contributed by atoms with E-state index >= 15 is 0 Å². The predicted octanol–water partition coefficient (Wildman–Crippen LogP) is 2.16. The van der Waals surface area contributed by atoms with Gasteiger partial charge >= 0.3 is 0 Å². The lowest BCUT2D eigenvalue weighted by molar-refractivity contribution is -0.130. The number of aryl methyl sites for hydroxylation is 2. The average Bonchev–Trinajstić information content (AvgIpc) is 3.34. The summed E-state index contributed by atoms with van der Waals surface area (Å²) in [6.45, 7) is 8.20. The molecule has 26 heavy (non-hydrogen) atoms. The van der Waals surface area contributed by atoms with E-state index in [1.165, 1.54) is 25.9 Å². The molecular formula is C18H27N5O3. The van der Waals surface area contributed by atoms with E-state index in [-0.39, 0.29) is 5.91 Å². The van der Waals surface area contributed by atoms with Crippen LogP contribution in [0, 0.1) is 12.8 Å². The van der Waals surface area contributed by atoms with Crippen LogP contribution >= 0.6 is 0 Å². The fourth-order valence-electron chi connectivity index (χ4n) is 3.36. The van der Waals surface area contributed by atoms with E-state index < -0.39 is 0 Å². The van der Waals surface area contributed by atoms with Crippen LogP contribution in [0.5, 0.6) is 0 Å². The van der Waals surface area contributed by atoms with Crippen LogP contribution in [-0.2, 0) is 11.2 Å². The predicted molar refractivity (Wildman–Crippen MR) is 95.3 cm³/mol. The van der Waals surface area contributed by atoms with Gasteiger partial charge in [0.1, 0.15) is 5.76 Å². The molecule has 3 rings (SSSR count). The van der Waals surface area contributed by atoms with Crippen LogP contribution in [-0.4, -0.2) is 64.3 Å². The molecule has 1 fully saturated rings. The van der Waals surface area contributed by atoms with E-state index in [0.29, 0.717) is 42.0 Å². The maximum absolute atomic E-state index is 12.4. The summed E-state index contributed by atoms with van der Waals surface area (Å²) in [5, 5.41) is 11.8. The number of carbonyl (C=O) groups excluding carboxylic acids is 1. The van der Waals surface area contributed by atoms with Gasteiger partial charge in [0.25, 0.3) is 5.89 Å². The number of carbonyl (C=O) groups is 1. The van der Waals surface area contributed by atoms with Crippen LogP contribution < -0.4 is 0 Å². The molecule has 8 heteroatoms. The molecule has 1 atom stereocenters. The Morgan fingerprint density at radius 1 is 1.35 bits per heavy atom. The van der Waals surface area contributed by atoms with Crippen molar-refractivity contribution in [2.75, 3.05) is 33.2 Å². The summed E-state index contributed by atoms with van der Waals surface area (Å²) >= 11 is 0. The van der Waals surface area contributed by atoms with E-state index in [2.05, 4.69) is 27.2 Å². The fraction of sp³-hybridized carbons (Fsp3) is 0.667. The van der Waals surface area contributed by atoms with Gasteiger partial charge in [-0.05, 0) is 38.8 Å². The third-order valence-corrected chi connectivity index (χ3v) is 4.65. The number of nitrogens with zero attached hydrogens (tertiary/aromatic N) is 5. The van der Waals surface area contributed by atoms with Gasteiger partial charge in [0.2, 0.25) is 11.8 Å². The van der Waals surface area contributed by atoms with Crippen LogP contribution in [0.2, 0.25) is 0 Å². The van der Waals surface area contributed by atoms with E-state index in [9.17, 15) is 4.79 Å². The first-order valence-corrected chi connectivity index (χ1v) is 9.23. The summed E-state index contributed by atoms with van der Waals surface area (Å²) < 4.78 is 10.6. The standard InChI is InChI=1S/C18H27N5O3/c1-13(12-23-8-4-5-9-23)11-22(3)17(24)7-6-16-19-20-18(25-16)15-10-14(2)26-21-15/h10,13H,4-9,11-12H2,1-3H3/t13-/m0/s1. The van der Waals surface area contributed by atoms with Crippen LogP contribution in [0.3, 0.4) is 0 Å². The lowest BCUT2D eigenvalue weighted by atomic mass is 10.1. The first-order valence-electron chi connectivity index (χ1n) is 9.23. The number of hydrogen-bond donors (Lipinski definition) is 0. The van der Waals surface area contributed by atoms with Crippen molar-refractivity contribution in [2.24, 2.45) is 5.92 Å². The topological polar surface area (TPSA) is 88.5 Å². The van der Waals surface area contributed by atoms with Crippen molar-refractivity contribution in [2.45, 2.75) is 39.5 Å². The zero-order chi connectivity index (χ0) is 18.5. The second kappa shape index (κ2) is 8.44. The van der Waals surface area contributed by atoms with Gasteiger partial charge in [0.15, 0.2) is 5.69 Å². The molecule has 142 valence electrons. The van der Waals surface area contributed by atoms with Gasteiger partial charge in [-0.3, -0.25) is 4.79 Å². The van der Waals surface area contributed by atoms with E-state index in [1.807, 2.05) is 7.05 Å². The zero-order valence-corrected chi connectivity index (χ0v) is 15.8. The number of aromatic nitrogens is 3.